The second-order valence-electron chi connectivity index (χ2n) is 7.83. The summed E-state index contributed by atoms with van der Waals surface area (Å²) in [5.74, 6) is -0.115. The van der Waals surface area contributed by atoms with E-state index in [0.717, 1.165) is 27.6 Å². The standard InChI is InChI=1S/C28H26N4O4/c1-2-23-24(16-15-22-14-9-17-29-25(22)23)30-26(31-27(33)35-18-20-10-5-3-6-11-20)32-28(34)36-19-21-12-7-4-8-13-21/h3-17H,2,18-19H2,1H3,(H2,30,31,32,33,34). The summed E-state index contributed by atoms with van der Waals surface area (Å²) in [6.07, 6.45) is 0.765. The summed E-state index contributed by atoms with van der Waals surface area (Å²) in [5, 5.41) is 6.55. The van der Waals surface area contributed by atoms with Gasteiger partial charge in [0.05, 0.1) is 5.52 Å². The van der Waals surface area contributed by atoms with Crippen LogP contribution in [0.25, 0.3) is 10.9 Å². The van der Waals surface area contributed by atoms with Crippen molar-refractivity contribution < 1.29 is 19.1 Å². The average molecular weight is 483 g/mol. The SMILES string of the molecule is CCc1c(NC(=NC(=O)OCc2ccccc2)NC(=O)OCc2ccccc2)ccc2cccnc12. The molecule has 2 amide bonds. The topological polar surface area (TPSA) is 102 Å². The third-order valence-corrected chi connectivity index (χ3v) is 5.33. The second kappa shape index (κ2) is 12.1. The van der Waals surface area contributed by atoms with Crippen molar-refractivity contribution in [1.29, 1.82) is 0 Å². The lowest BCUT2D eigenvalue weighted by Gasteiger charge is -2.15. The number of amides is 2. The Kier molecular flexibility index (Phi) is 8.22. The lowest BCUT2D eigenvalue weighted by Crippen LogP contribution is -2.37. The van der Waals surface area contributed by atoms with Crippen molar-refractivity contribution in [2.45, 2.75) is 26.6 Å². The van der Waals surface area contributed by atoms with E-state index in [-0.39, 0.29) is 19.2 Å². The Morgan fingerprint density at radius 3 is 2.17 bits per heavy atom. The summed E-state index contributed by atoms with van der Waals surface area (Å²) in [6.45, 7) is 2.12. The van der Waals surface area contributed by atoms with E-state index in [9.17, 15) is 9.59 Å². The van der Waals surface area contributed by atoms with Crippen molar-refractivity contribution in [3.05, 3.63) is 108 Å². The molecule has 3 aromatic carbocycles. The highest BCUT2D eigenvalue weighted by molar-refractivity contribution is 6.07. The van der Waals surface area contributed by atoms with Crippen LogP contribution in [0.4, 0.5) is 15.3 Å². The number of nitrogens with zero attached hydrogens (tertiary/aromatic N) is 2. The van der Waals surface area contributed by atoms with Crippen LogP contribution in [-0.2, 0) is 29.1 Å². The highest BCUT2D eigenvalue weighted by Crippen LogP contribution is 2.25. The van der Waals surface area contributed by atoms with Crippen LogP contribution >= 0.6 is 0 Å². The first kappa shape index (κ1) is 24.4. The molecule has 0 aliphatic carbocycles. The van der Waals surface area contributed by atoms with Crippen molar-refractivity contribution in [3.63, 3.8) is 0 Å². The number of rotatable bonds is 6. The molecule has 8 nitrogen and oxygen atoms in total. The Bertz CT molecular complexity index is 1360. The fourth-order valence-corrected chi connectivity index (χ4v) is 3.59. The number of aliphatic imine (C=N–C) groups is 1. The molecule has 0 unspecified atom stereocenters. The number of anilines is 1. The van der Waals surface area contributed by atoms with E-state index in [1.807, 2.05) is 91.9 Å². The first-order chi connectivity index (χ1) is 17.6. The van der Waals surface area contributed by atoms with Gasteiger partial charge in [-0.25, -0.2) is 9.59 Å². The van der Waals surface area contributed by atoms with Gasteiger partial charge in [-0.3, -0.25) is 10.3 Å². The number of ether oxygens (including phenoxy) is 2. The number of pyridine rings is 1. The maximum absolute atomic E-state index is 12.5. The van der Waals surface area contributed by atoms with Gasteiger partial charge in [-0.1, -0.05) is 79.7 Å². The number of nitrogens with one attached hydrogen (secondary N) is 2. The molecule has 0 aliphatic rings. The van der Waals surface area contributed by atoms with Crippen molar-refractivity contribution in [3.8, 4) is 0 Å². The maximum Gasteiger partial charge on any atom is 0.437 e. The van der Waals surface area contributed by atoms with E-state index in [1.165, 1.54) is 0 Å². The molecular weight excluding hydrogens is 456 g/mol. The molecule has 0 bridgehead atoms. The Morgan fingerprint density at radius 1 is 0.833 bits per heavy atom. The number of benzene rings is 3. The van der Waals surface area contributed by atoms with Crippen molar-refractivity contribution in [1.82, 2.24) is 10.3 Å². The van der Waals surface area contributed by atoms with Gasteiger partial charge in [-0.15, -0.1) is 4.99 Å². The minimum absolute atomic E-state index is 0.0506. The fourth-order valence-electron chi connectivity index (χ4n) is 3.59. The molecule has 8 heteroatoms. The van der Waals surface area contributed by atoms with E-state index >= 15 is 0 Å². The Hall–Kier alpha value is -4.72. The summed E-state index contributed by atoms with van der Waals surface area (Å²) >= 11 is 0. The van der Waals surface area contributed by atoms with Gasteiger partial charge in [0.2, 0.25) is 5.96 Å². The van der Waals surface area contributed by atoms with Crippen molar-refractivity contribution in [2.24, 2.45) is 4.99 Å². The van der Waals surface area contributed by atoms with Crippen LogP contribution < -0.4 is 10.6 Å². The summed E-state index contributed by atoms with van der Waals surface area (Å²) in [4.78, 5) is 33.5. The van der Waals surface area contributed by atoms with Crippen LogP contribution in [0.1, 0.15) is 23.6 Å². The van der Waals surface area contributed by atoms with Crippen molar-refractivity contribution in [2.75, 3.05) is 5.32 Å². The van der Waals surface area contributed by atoms with Crippen LogP contribution in [0.5, 0.6) is 0 Å². The third kappa shape index (κ3) is 6.66. The van der Waals surface area contributed by atoms with E-state index in [2.05, 4.69) is 20.6 Å². The van der Waals surface area contributed by atoms with Gasteiger partial charge in [0.25, 0.3) is 0 Å². The summed E-state index contributed by atoms with van der Waals surface area (Å²) in [7, 11) is 0. The van der Waals surface area contributed by atoms with Gasteiger partial charge < -0.3 is 14.8 Å². The van der Waals surface area contributed by atoms with Crippen LogP contribution in [0, 0.1) is 0 Å². The maximum atomic E-state index is 12.5. The number of hydrogen-bond acceptors (Lipinski definition) is 5. The van der Waals surface area contributed by atoms with Gasteiger partial charge in [0.15, 0.2) is 0 Å². The Labute approximate surface area is 209 Å². The van der Waals surface area contributed by atoms with E-state index in [4.69, 9.17) is 9.47 Å². The number of carbonyl (C=O) groups excluding carboxylic acids is 2. The second-order valence-corrected chi connectivity index (χ2v) is 7.83. The highest BCUT2D eigenvalue weighted by Gasteiger charge is 2.15. The number of aryl methyl sites for hydroxylation is 1. The molecule has 0 atom stereocenters. The minimum atomic E-state index is -0.860. The van der Waals surface area contributed by atoms with Crippen LogP contribution in [0.15, 0.2) is 96.1 Å². The molecule has 1 aromatic heterocycles. The first-order valence-electron chi connectivity index (χ1n) is 11.5. The van der Waals surface area contributed by atoms with Crippen molar-refractivity contribution >= 4 is 34.7 Å². The molecule has 36 heavy (non-hydrogen) atoms. The van der Waals surface area contributed by atoms with E-state index in [0.29, 0.717) is 12.1 Å². The van der Waals surface area contributed by atoms with Gasteiger partial charge >= 0.3 is 12.2 Å². The minimum Gasteiger partial charge on any atom is -0.444 e. The van der Waals surface area contributed by atoms with Crippen LogP contribution in [0.2, 0.25) is 0 Å². The lowest BCUT2D eigenvalue weighted by molar-refractivity contribution is 0.144. The molecule has 182 valence electrons. The molecular formula is C28H26N4O4. The van der Waals surface area contributed by atoms with Crippen LogP contribution in [-0.4, -0.2) is 23.1 Å². The Morgan fingerprint density at radius 2 is 1.50 bits per heavy atom. The number of hydrogen-bond donors (Lipinski definition) is 2. The fraction of sp³-hybridized carbons (Fsp3) is 0.143. The number of guanidine groups is 1. The summed E-state index contributed by atoms with van der Waals surface area (Å²) in [6, 6.07) is 26.1. The molecule has 0 aliphatic heterocycles. The molecule has 0 fully saturated rings. The quantitative estimate of drug-likeness (QED) is 0.265. The van der Waals surface area contributed by atoms with Gasteiger partial charge in [0.1, 0.15) is 13.2 Å². The van der Waals surface area contributed by atoms with E-state index in [1.54, 1.807) is 6.20 Å². The molecule has 0 saturated heterocycles. The molecule has 4 rings (SSSR count). The number of aromatic nitrogens is 1. The predicted octanol–water partition coefficient (Wildman–Crippen LogP) is 5.83. The number of alkyl carbamates (subject to hydrolysis) is 1. The third-order valence-electron chi connectivity index (χ3n) is 5.33. The zero-order chi connectivity index (χ0) is 25.2. The molecule has 4 aromatic rings. The normalized spacial score (nSPS) is 11.1. The molecule has 2 N–H and O–H groups in total. The Balaban J connectivity index is 1.52. The van der Waals surface area contributed by atoms with E-state index < -0.39 is 12.2 Å². The first-order valence-corrected chi connectivity index (χ1v) is 11.5. The van der Waals surface area contributed by atoms with Gasteiger partial charge in [-0.05, 0) is 29.7 Å². The monoisotopic (exact) mass is 482 g/mol. The average Bonchev–Trinajstić information content (AvgIpc) is 2.92. The summed E-state index contributed by atoms with van der Waals surface area (Å²) < 4.78 is 10.6. The highest BCUT2D eigenvalue weighted by atomic mass is 16.6. The van der Waals surface area contributed by atoms with Gasteiger partial charge in [-0.2, -0.15) is 0 Å². The molecule has 0 saturated carbocycles. The summed E-state index contributed by atoms with van der Waals surface area (Å²) in [5.41, 5.74) is 4.04. The lowest BCUT2D eigenvalue weighted by atomic mass is 10.1. The van der Waals surface area contributed by atoms with Crippen LogP contribution in [0.3, 0.4) is 0 Å². The largest absolute Gasteiger partial charge is 0.444 e. The zero-order valence-corrected chi connectivity index (χ0v) is 19.8. The smallest absolute Gasteiger partial charge is 0.437 e. The predicted molar refractivity (Wildman–Crippen MR) is 139 cm³/mol. The zero-order valence-electron chi connectivity index (χ0n) is 19.8. The van der Waals surface area contributed by atoms with Gasteiger partial charge in [0, 0.05) is 22.8 Å². The molecule has 1 heterocycles. The number of fused-ring (bicyclic) bond motifs is 1. The molecule has 0 radical (unpaired) electrons. The number of carbonyl (C=O) groups is 2. The molecule has 0 spiro atoms.